The highest BCUT2D eigenvalue weighted by atomic mass is 32.2. The van der Waals surface area contributed by atoms with Crippen molar-refractivity contribution in [2.45, 2.75) is 30.3 Å². The molecule has 0 bridgehead atoms. The monoisotopic (exact) mass is 442 g/mol. The minimum Gasteiger partial charge on any atom is -0.331 e. The van der Waals surface area contributed by atoms with Crippen LogP contribution in [0.5, 0.6) is 0 Å². The number of anilines is 1. The molecule has 1 amide bonds. The number of halogens is 2. The Kier molecular flexibility index (Phi) is 5.73. The molecular formula is C23H20F2N2O3S. The Bertz CT molecular complexity index is 1200. The van der Waals surface area contributed by atoms with Crippen LogP contribution in [0.2, 0.25) is 0 Å². The van der Waals surface area contributed by atoms with Gasteiger partial charge in [-0.2, -0.15) is 0 Å². The standard InChI is InChI=1S/C23H20F2N2O3S/c24-21-13-12-20(14-22(21)25)31(29,30)26-18-8-6-17(7-9-18)23(28)27(19-10-11-19)15-16-4-2-1-3-5-16/h1-9,12-14,19,26H,10-11,15H2. The maximum atomic E-state index is 13.4. The number of sulfonamides is 1. The maximum Gasteiger partial charge on any atom is 0.261 e. The fourth-order valence-corrected chi connectivity index (χ4v) is 4.31. The quantitative estimate of drug-likeness (QED) is 0.583. The van der Waals surface area contributed by atoms with Crippen LogP contribution in [0.1, 0.15) is 28.8 Å². The lowest BCUT2D eigenvalue weighted by Crippen LogP contribution is -2.32. The molecule has 3 aromatic rings. The summed E-state index contributed by atoms with van der Waals surface area (Å²) in [6.45, 7) is 0.509. The molecule has 0 aliphatic heterocycles. The Hall–Kier alpha value is -3.26. The van der Waals surface area contributed by atoms with E-state index in [1.165, 1.54) is 12.1 Å². The van der Waals surface area contributed by atoms with Crippen LogP contribution < -0.4 is 4.72 Å². The Balaban J connectivity index is 1.49. The van der Waals surface area contributed by atoms with Crippen LogP contribution in [-0.4, -0.2) is 25.3 Å². The normalized spacial score (nSPS) is 13.6. The highest BCUT2D eigenvalue weighted by Crippen LogP contribution is 2.30. The molecule has 4 rings (SSSR count). The van der Waals surface area contributed by atoms with E-state index in [2.05, 4.69) is 4.72 Å². The smallest absolute Gasteiger partial charge is 0.261 e. The molecule has 160 valence electrons. The average molecular weight is 442 g/mol. The molecular weight excluding hydrogens is 422 g/mol. The van der Waals surface area contributed by atoms with Gasteiger partial charge >= 0.3 is 0 Å². The van der Waals surface area contributed by atoms with Crippen molar-refractivity contribution < 1.29 is 22.0 Å². The number of carbonyl (C=O) groups is 1. The highest BCUT2D eigenvalue weighted by Gasteiger charge is 2.33. The van der Waals surface area contributed by atoms with Gasteiger partial charge in [-0.3, -0.25) is 9.52 Å². The summed E-state index contributed by atoms with van der Waals surface area (Å²) in [5.41, 5.74) is 1.69. The van der Waals surface area contributed by atoms with E-state index in [0.29, 0.717) is 18.2 Å². The lowest BCUT2D eigenvalue weighted by Gasteiger charge is -2.23. The van der Waals surface area contributed by atoms with Crippen molar-refractivity contribution in [1.29, 1.82) is 0 Å². The van der Waals surface area contributed by atoms with E-state index in [9.17, 15) is 22.0 Å². The van der Waals surface area contributed by atoms with Crippen molar-refractivity contribution in [2.75, 3.05) is 4.72 Å². The van der Waals surface area contributed by atoms with Crippen LogP contribution in [0.15, 0.2) is 77.7 Å². The predicted molar refractivity (Wildman–Crippen MR) is 113 cm³/mol. The average Bonchev–Trinajstić information content (AvgIpc) is 3.60. The molecule has 0 atom stereocenters. The van der Waals surface area contributed by atoms with E-state index < -0.39 is 26.6 Å². The van der Waals surface area contributed by atoms with Crippen LogP contribution in [0, 0.1) is 11.6 Å². The summed E-state index contributed by atoms with van der Waals surface area (Å²) in [7, 11) is -4.10. The molecule has 8 heteroatoms. The molecule has 0 unspecified atom stereocenters. The largest absolute Gasteiger partial charge is 0.331 e. The number of nitrogens with one attached hydrogen (secondary N) is 1. The Morgan fingerprint density at radius 1 is 0.935 bits per heavy atom. The molecule has 0 heterocycles. The van der Waals surface area contributed by atoms with Crippen molar-refractivity contribution in [3.63, 3.8) is 0 Å². The molecule has 3 aromatic carbocycles. The first kappa shape index (κ1) is 21.0. The van der Waals surface area contributed by atoms with Gasteiger partial charge in [-0.25, -0.2) is 17.2 Å². The van der Waals surface area contributed by atoms with Gasteiger partial charge in [0.2, 0.25) is 0 Å². The van der Waals surface area contributed by atoms with Crippen molar-refractivity contribution in [3.8, 4) is 0 Å². The molecule has 0 aromatic heterocycles. The lowest BCUT2D eigenvalue weighted by atomic mass is 10.1. The fraction of sp³-hybridized carbons (Fsp3) is 0.174. The summed E-state index contributed by atoms with van der Waals surface area (Å²) in [6.07, 6.45) is 1.93. The zero-order valence-electron chi connectivity index (χ0n) is 16.5. The van der Waals surface area contributed by atoms with Gasteiger partial charge in [-0.15, -0.1) is 0 Å². The number of hydrogen-bond acceptors (Lipinski definition) is 3. The number of nitrogens with zero attached hydrogens (tertiary/aromatic N) is 1. The first-order valence-corrected chi connectivity index (χ1v) is 11.2. The fourth-order valence-electron chi connectivity index (χ4n) is 3.24. The second-order valence-corrected chi connectivity index (χ2v) is 9.09. The predicted octanol–water partition coefficient (Wildman–Crippen LogP) is 4.57. The van der Waals surface area contributed by atoms with Crippen LogP contribution in [0.25, 0.3) is 0 Å². The molecule has 1 aliphatic carbocycles. The van der Waals surface area contributed by atoms with E-state index in [1.54, 1.807) is 12.1 Å². The molecule has 5 nitrogen and oxygen atoms in total. The molecule has 1 fully saturated rings. The highest BCUT2D eigenvalue weighted by molar-refractivity contribution is 7.92. The van der Waals surface area contributed by atoms with Crippen molar-refractivity contribution >= 4 is 21.6 Å². The van der Waals surface area contributed by atoms with Crippen molar-refractivity contribution in [1.82, 2.24) is 4.90 Å². The van der Waals surface area contributed by atoms with Gasteiger partial charge in [-0.05, 0) is 60.9 Å². The van der Waals surface area contributed by atoms with Crippen molar-refractivity contribution in [3.05, 3.63) is 95.6 Å². The summed E-state index contributed by atoms with van der Waals surface area (Å²) in [5, 5.41) is 0. The van der Waals surface area contributed by atoms with Crippen LogP contribution in [0.4, 0.5) is 14.5 Å². The number of hydrogen-bond donors (Lipinski definition) is 1. The van der Waals surface area contributed by atoms with Gasteiger partial charge in [0.15, 0.2) is 11.6 Å². The van der Waals surface area contributed by atoms with Gasteiger partial charge in [0.05, 0.1) is 4.90 Å². The second-order valence-electron chi connectivity index (χ2n) is 7.41. The number of benzene rings is 3. The zero-order valence-corrected chi connectivity index (χ0v) is 17.3. The number of carbonyl (C=O) groups excluding carboxylic acids is 1. The summed E-state index contributed by atoms with van der Waals surface area (Å²) < 4.78 is 53.6. The van der Waals surface area contributed by atoms with E-state index >= 15 is 0 Å². The molecule has 1 N–H and O–H groups in total. The zero-order chi connectivity index (χ0) is 22.0. The summed E-state index contributed by atoms with van der Waals surface area (Å²) in [4.78, 5) is 14.5. The summed E-state index contributed by atoms with van der Waals surface area (Å²) in [5.74, 6) is -2.50. The van der Waals surface area contributed by atoms with E-state index in [4.69, 9.17) is 0 Å². The van der Waals surface area contributed by atoms with E-state index in [0.717, 1.165) is 30.5 Å². The molecule has 0 spiro atoms. The van der Waals surface area contributed by atoms with Crippen LogP contribution in [0.3, 0.4) is 0 Å². The first-order chi connectivity index (χ1) is 14.8. The third kappa shape index (κ3) is 4.91. The van der Waals surface area contributed by atoms with Gasteiger partial charge < -0.3 is 4.90 Å². The SMILES string of the molecule is O=C(c1ccc(NS(=O)(=O)c2ccc(F)c(F)c2)cc1)N(Cc1ccccc1)C1CC1. The van der Waals surface area contributed by atoms with E-state index in [1.807, 2.05) is 35.2 Å². The maximum absolute atomic E-state index is 13.4. The van der Waals surface area contributed by atoms with Gasteiger partial charge in [0.25, 0.3) is 15.9 Å². The molecule has 0 radical (unpaired) electrons. The molecule has 31 heavy (non-hydrogen) atoms. The van der Waals surface area contributed by atoms with Crippen LogP contribution in [-0.2, 0) is 16.6 Å². The van der Waals surface area contributed by atoms with Gasteiger partial charge in [0.1, 0.15) is 0 Å². The van der Waals surface area contributed by atoms with Crippen LogP contribution >= 0.6 is 0 Å². The lowest BCUT2D eigenvalue weighted by molar-refractivity contribution is 0.0730. The third-order valence-corrected chi connectivity index (χ3v) is 6.41. The van der Waals surface area contributed by atoms with Gasteiger partial charge in [-0.1, -0.05) is 30.3 Å². The molecule has 0 saturated heterocycles. The number of rotatable bonds is 7. The molecule has 1 saturated carbocycles. The molecule has 1 aliphatic rings. The Morgan fingerprint density at radius 3 is 2.23 bits per heavy atom. The first-order valence-electron chi connectivity index (χ1n) is 9.76. The minimum absolute atomic E-state index is 0.124. The minimum atomic E-state index is -4.10. The van der Waals surface area contributed by atoms with Crippen molar-refractivity contribution in [2.24, 2.45) is 0 Å². The van der Waals surface area contributed by atoms with E-state index in [-0.39, 0.29) is 17.6 Å². The Labute approximate surface area is 179 Å². The van der Waals surface area contributed by atoms with Gasteiger partial charge in [0, 0.05) is 23.8 Å². The summed E-state index contributed by atoms with van der Waals surface area (Å²) in [6, 6.07) is 18.3. The Morgan fingerprint density at radius 2 is 1.61 bits per heavy atom. The second kappa shape index (κ2) is 8.47. The topological polar surface area (TPSA) is 66.5 Å². The summed E-state index contributed by atoms with van der Waals surface area (Å²) >= 11 is 0. The number of amides is 1. The third-order valence-electron chi connectivity index (χ3n) is 5.03.